The maximum absolute atomic E-state index is 3.98. The van der Waals surface area contributed by atoms with Gasteiger partial charge in [-0.1, -0.05) is 12.1 Å². The number of rotatable bonds is 4. The van der Waals surface area contributed by atoms with Crippen LogP contribution in [-0.2, 0) is 6.54 Å². The first-order chi connectivity index (χ1) is 9.72. The van der Waals surface area contributed by atoms with E-state index >= 15 is 0 Å². The molecule has 0 amide bonds. The molecule has 0 aliphatic carbocycles. The zero-order valence-electron chi connectivity index (χ0n) is 10.7. The average Bonchev–Trinajstić information content (AvgIpc) is 3.08. The Kier molecular flexibility index (Phi) is 3.79. The Balaban J connectivity index is 1.73. The molecule has 3 aromatic rings. The Morgan fingerprint density at radius 3 is 2.95 bits per heavy atom. The molecule has 0 spiro atoms. The minimum absolute atomic E-state index is 0.600. The fourth-order valence-corrected chi connectivity index (χ4v) is 3.39. The minimum Gasteiger partial charge on any atom is -0.380 e. The van der Waals surface area contributed by atoms with Crippen molar-refractivity contribution < 1.29 is 0 Å². The third-order valence-electron chi connectivity index (χ3n) is 2.84. The van der Waals surface area contributed by atoms with Gasteiger partial charge >= 0.3 is 0 Å². The van der Waals surface area contributed by atoms with E-state index < -0.39 is 0 Å². The van der Waals surface area contributed by atoms with Crippen molar-refractivity contribution in [2.75, 3.05) is 5.32 Å². The highest BCUT2D eigenvalue weighted by Gasteiger charge is 2.05. The van der Waals surface area contributed by atoms with Gasteiger partial charge < -0.3 is 5.32 Å². The van der Waals surface area contributed by atoms with Crippen LogP contribution in [-0.4, -0.2) is 20.6 Å². The van der Waals surface area contributed by atoms with Gasteiger partial charge in [0.15, 0.2) is 0 Å². The van der Waals surface area contributed by atoms with Gasteiger partial charge in [-0.25, -0.2) is 0 Å². The van der Waals surface area contributed by atoms with Gasteiger partial charge in [-0.2, -0.15) is 5.21 Å². The fraction of sp³-hybridized carbons (Fsp3) is 0.154. The van der Waals surface area contributed by atoms with E-state index in [1.165, 1.54) is 14.2 Å². The van der Waals surface area contributed by atoms with E-state index in [2.05, 4.69) is 54.9 Å². The van der Waals surface area contributed by atoms with Crippen molar-refractivity contribution >= 4 is 33.0 Å². The van der Waals surface area contributed by atoms with Crippen molar-refractivity contribution in [1.29, 1.82) is 0 Å². The zero-order valence-corrected chi connectivity index (χ0v) is 13.1. The summed E-state index contributed by atoms with van der Waals surface area (Å²) < 4.78 is 1.17. The van der Waals surface area contributed by atoms with Crippen molar-refractivity contribution in [3.05, 3.63) is 44.6 Å². The van der Waals surface area contributed by atoms with E-state index in [0.717, 1.165) is 17.8 Å². The van der Waals surface area contributed by atoms with E-state index in [0.29, 0.717) is 5.82 Å². The topological polar surface area (TPSA) is 66.5 Å². The third kappa shape index (κ3) is 2.88. The molecule has 0 radical (unpaired) electrons. The number of aromatic amines is 1. The summed E-state index contributed by atoms with van der Waals surface area (Å²) in [6.45, 7) is 2.90. The van der Waals surface area contributed by atoms with Crippen LogP contribution < -0.4 is 5.32 Å². The Morgan fingerprint density at radius 2 is 2.25 bits per heavy atom. The maximum Gasteiger partial charge on any atom is 0.204 e. The molecule has 0 bridgehead atoms. The van der Waals surface area contributed by atoms with Crippen LogP contribution >= 0.6 is 27.3 Å². The Bertz CT molecular complexity index is 688. The number of anilines is 1. The van der Waals surface area contributed by atoms with Crippen LogP contribution in [0.2, 0.25) is 0 Å². The number of nitrogens with zero attached hydrogens (tertiary/aromatic N) is 3. The quantitative estimate of drug-likeness (QED) is 0.754. The van der Waals surface area contributed by atoms with Crippen molar-refractivity contribution in [3.8, 4) is 11.4 Å². The number of aryl methyl sites for hydroxylation is 1. The highest BCUT2D eigenvalue weighted by atomic mass is 79.9. The van der Waals surface area contributed by atoms with Gasteiger partial charge in [0.2, 0.25) is 5.82 Å². The minimum atomic E-state index is 0.600. The normalized spacial score (nSPS) is 10.7. The maximum atomic E-state index is 3.98. The number of H-pyrrole nitrogens is 1. The molecule has 0 aliphatic rings. The largest absolute Gasteiger partial charge is 0.380 e. The number of hydrogen-bond donors (Lipinski definition) is 2. The summed E-state index contributed by atoms with van der Waals surface area (Å²) in [6.07, 6.45) is 0. The number of tetrazole rings is 1. The van der Waals surface area contributed by atoms with Gasteiger partial charge in [0.05, 0.1) is 0 Å². The van der Waals surface area contributed by atoms with Crippen LogP contribution in [0.25, 0.3) is 11.4 Å². The monoisotopic (exact) mass is 349 g/mol. The molecule has 2 heterocycles. The predicted octanol–water partition coefficient (Wildman–Crippen LogP) is 3.61. The molecule has 0 unspecified atom stereocenters. The fourth-order valence-electron chi connectivity index (χ4n) is 1.85. The molecule has 0 saturated heterocycles. The summed E-state index contributed by atoms with van der Waals surface area (Å²) in [7, 11) is 0. The molecule has 102 valence electrons. The van der Waals surface area contributed by atoms with Gasteiger partial charge in [-0.15, -0.1) is 21.5 Å². The number of benzene rings is 1. The van der Waals surface area contributed by atoms with E-state index in [4.69, 9.17) is 0 Å². The molecule has 7 heteroatoms. The van der Waals surface area contributed by atoms with E-state index in [-0.39, 0.29) is 0 Å². The molecule has 0 aliphatic heterocycles. The van der Waals surface area contributed by atoms with Gasteiger partial charge in [0.1, 0.15) is 0 Å². The van der Waals surface area contributed by atoms with Crippen molar-refractivity contribution in [2.45, 2.75) is 13.5 Å². The molecular formula is C13H12BrN5S. The predicted molar refractivity (Wildman–Crippen MR) is 83.7 cm³/mol. The van der Waals surface area contributed by atoms with Gasteiger partial charge in [-0.3, -0.25) is 0 Å². The van der Waals surface area contributed by atoms with E-state index in [1.807, 2.05) is 24.3 Å². The number of hydrogen-bond acceptors (Lipinski definition) is 5. The third-order valence-corrected chi connectivity index (χ3v) is 4.98. The SMILES string of the molecule is Cc1sc(CNc2cccc(-c3nn[nH]n3)c2)cc1Br. The molecule has 1 aromatic carbocycles. The summed E-state index contributed by atoms with van der Waals surface area (Å²) in [4.78, 5) is 2.58. The lowest BCUT2D eigenvalue weighted by atomic mass is 10.2. The highest BCUT2D eigenvalue weighted by molar-refractivity contribution is 9.10. The lowest BCUT2D eigenvalue weighted by Crippen LogP contribution is -1.97. The smallest absolute Gasteiger partial charge is 0.204 e. The molecule has 0 atom stereocenters. The van der Waals surface area contributed by atoms with Gasteiger partial charge in [0, 0.05) is 32.0 Å². The molecule has 2 N–H and O–H groups in total. The second-order valence-electron chi connectivity index (χ2n) is 4.29. The highest BCUT2D eigenvalue weighted by Crippen LogP contribution is 2.27. The Hall–Kier alpha value is -1.73. The van der Waals surface area contributed by atoms with Crippen LogP contribution in [0, 0.1) is 6.92 Å². The van der Waals surface area contributed by atoms with Crippen LogP contribution in [0.3, 0.4) is 0 Å². The van der Waals surface area contributed by atoms with Crippen LogP contribution in [0.5, 0.6) is 0 Å². The van der Waals surface area contributed by atoms with Crippen LogP contribution in [0.4, 0.5) is 5.69 Å². The average molecular weight is 350 g/mol. The first kappa shape index (κ1) is 13.3. The van der Waals surface area contributed by atoms with Crippen molar-refractivity contribution in [2.24, 2.45) is 0 Å². The summed E-state index contributed by atoms with van der Waals surface area (Å²) in [5.41, 5.74) is 1.97. The second kappa shape index (κ2) is 5.72. The van der Waals surface area contributed by atoms with Crippen LogP contribution in [0.15, 0.2) is 34.8 Å². The Morgan fingerprint density at radius 1 is 1.35 bits per heavy atom. The Labute approximate surface area is 128 Å². The second-order valence-corrected chi connectivity index (χ2v) is 6.48. The molecule has 5 nitrogen and oxygen atoms in total. The number of halogens is 1. The summed E-state index contributed by atoms with van der Waals surface area (Å²) >= 11 is 5.32. The standard InChI is InChI=1S/C13H12BrN5S/c1-8-12(14)6-11(20-8)7-15-10-4-2-3-9(5-10)13-16-18-19-17-13/h2-6,15H,7H2,1H3,(H,16,17,18,19). The van der Waals surface area contributed by atoms with E-state index in [1.54, 1.807) is 11.3 Å². The summed E-state index contributed by atoms with van der Waals surface area (Å²) in [5, 5.41) is 17.4. The number of nitrogens with one attached hydrogen (secondary N) is 2. The molecule has 0 saturated carbocycles. The first-order valence-corrected chi connectivity index (χ1v) is 7.66. The lowest BCUT2D eigenvalue weighted by Gasteiger charge is -2.05. The molecule has 20 heavy (non-hydrogen) atoms. The van der Waals surface area contributed by atoms with Crippen LogP contribution in [0.1, 0.15) is 9.75 Å². The molecule has 3 rings (SSSR count). The molecule has 2 aromatic heterocycles. The van der Waals surface area contributed by atoms with Crippen molar-refractivity contribution in [1.82, 2.24) is 20.6 Å². The van der Waals surface area contributed by atoms with E-state index in [9.17, 15) is 0 Å². The number of thiophene rings is 1. The molecule has 0 fully saturated rings. The van der Waals surface area contributed by atoms with Gasteiger partial charge in [0.25, 0.3) is 0 Å². The summed E-state index contributed by atoms with van der Waals surface area (Å²) in [6, 6.07) is 10.1. The van der Waals surface area contributed by atoms with Gasteiger partial charge in [-0.05, 0) is 46.3 Å². The summed E-state index contributed by atoms with van der Waals surface area (Å²) in [5.74, 6) is 0.600. The first-order valence-electron chi connectivity index (χ1n) is 6.05. The number of aromatic nitrogens is 4. The van der Waals surface area contributed by atoms with Crippen molar-refractivity contribution in [3.63, 3.8) is 0 Å². The lowest BCUT2D eigenvalue weighted by molar-refractivity contribution is 0.881. The zero-order chi connectivity index (χ0) is 13.9. The molecular weight excluding hydrogens is 338 g/mol.